The number of nitrogens with zero attached hydrogens (tertiary/aromatic N) is 1. The molecular formula is C32H43N3O6. The minimum absolute atomic E-state index is 0.172. The number of hydrogen-bond acceptors (Lipinski definition) is 6. The van der Waals surface area contributed by atoms with Crippen molar-refractivity contribution in [2.45, 2.75) is 97.1 Å². The van der Waals surface area contributed by atoms with Gasteiger partial charge >= 0.3 is 12.1 Å². The van der Waals surface area contributed by atoms with E-state index in [4.69, 9.17) is 9.47 Å². The highest BCUT2D eigenvalue weighted by molar-refractivity contribution is 5.93. The predicted molar refractivity (Wildman–Crippen MR) is 156 cm³/mol. The molecular weight excluding hydrogens is 522 g/mol. The predicted octanol–water partition coefficient (Wildman–Crippen LogP) is 4.62. The molecule has 3 rings (SSSR count). The van der Waals surface area contributed by atoms with Crippen LogP contribution in [0.15, 0.2) is 54.6 Å². The lowest BCUT2D eigenvalue weighted by Crippen LogP contribution is -2.52. The van der Waals surface area contributed by atoms with Crippen molar-refractivity contribution in [2.75, 3.05) is 6.54 Å². The maximum Gasteiger partial charge on any atom is 0.408 e. The zero-order valence-corrected chi connectivity index (χ0v) is 25.2. The van der Waals surface area contributed by atoms with Gasteiger partial charge in [0.1, 0.15) is 29.8 Å². The molecule has 2 aromatic carbocycles. The van der Waals surface area contributed by atoms with Crippen LogP contribution in [0.1, 0.15) is 77.1 Å². The molecule has 1 fully saturated rings. The summed E-state index contributed by atoms with van der Waals surface area (Å²) in [4.78, 5) is 54.7. The summed E-state index contributed by atoms with van der Waals surface area (Å²) in [5.74, 6) is -1.48. The van der Waals surface area contributed by atoms with Crippen LogP contribution in [0.5, 0.6) is 0 Å². The van der Waals surface area contributed by atoms with Crippen LogP contribution in [-0.4, -0.2) is 58.6 Å². The summed E-state index contributed by atoms with van der Waals surface area (Å²) in [5.41, 5.74) is 0.986. The van der Waals surface area contributed by atoms with Crippen molar-refractivity contribution in [3.63, 3.8) is 0 Å². The monoisotopic (exact) mass is 565 g/mol. The van der Waals surface area contributed by atoms with Gasteiger partial charge in [-0.2, -0.15) is 0 Å². The smallest absolute Gasteiger partial charge is 0.408 e. The second-order valence-corrected chi connectivity index (χ2v) is 12.5. The maximum atomic E-state index is 14.1. The minimum Gasteiger partial charge on any atom is -0.458 e. The molecule has 9 heteroatoms. The SMILES string of the molecule is Cc1ccc(C(C(=O)NC(Cc2ccccc2)C(=O)OC(C)(C)C)N(C(=O)CNC(=O)OC(C)(C)C)C2CC2)cc1. The van der Waals surface area contributed by atoms with Crippen molar-refractivity contribution < 1.29 is 28.7 Å². The normalized spacial score (nSPS) is 14.8. The number of alkyl carbamates (subject to hydrolysis) is 1. The fourth-order valence-electron chi connectivity index (χ4n) is 4.32. The molecule has 0 spiro atoms. The number of carbonyl (C=O) groups excluding carboxylic acids is 4. The van der Waals surface area contributed by atoms with E-state index in [-0.39, 0.29) is 19.0 Å². The van der Waals surface area contributed by atoms with Crippen molar-refractivity contribution in [2.24, 2.45) is 0 Å². The van der Waals surface area contributed by atoms with E-state index in [1.165, 1.54) is 4.90 Å². The third kappa shape index (κ3) is 10.2. The molecule has 2 N–H and O–H groups in total. The molecule has 0 aromatic heterocycles. The first-order valence-corrected chi connectivity index (χ1v) is 14.0. The summed E-state index contributed by atoms with van der Waals surface area (Å²) in [6, 6.07) is 14.6. The first-order chi connectivity index (χ1) is 19.1. The lowest BCUT2D eigenvalue weighted by Gasteiger charge is -2.33. The van der Waals surface area contributed by atoms with E-state index < -0.39 is 47.2 Å². The number of hydrogen-bond donors (Lipinski definition) is 2. The Kier molecular flexibility index (Phi) is 10.2. The van der Waals surface area contributed by atoms with Gasteiger partial charge in [-0.25, -0.2) is 9.59 Å². The molecule has 0 aliphatic heterocycles. The van der Waals surface area contributed by atoms with Gasteiger partial charge < -0.3 is 25.0 Å². The Balaban J connectivity index is 1.91. The van der Waals surface area contributed by atoms with E-state index in [1.807, 2.05) is 61.5 Å². The summed E-state index contributed by atoms with van der Waals surface area (Å²) >= 11 is 0. The molecule has 1 aliphatic carbocycles. The number of carbonyl (C=O) groups is 4. The first kappa shape index (κ1) is 31.6. The van der Waals surface area contributed by atoms with Crippen LogP contribution in [0.4, 0.5) is 4.79 Å². The van der Waals surface area contributed by atoms with Crippen LogP contribution in [0, 0.1) is 6.92 Å². The van der Waals surface area contributed by atoms with Gasteiger partial charge in [0.05, 0.1) is 0 Å². The maximum absolute atomic E-state index is 14.1. The number of rotatable bonds is 10. The number of ether oxygens (including phenoxy) is 2. The van der Waals surface area contributed by atoms with Crippen LogP contribution < -0.4 is 10.6 Å². The average Bonchev–Trinajstić information content (AvgIpc) is 3.70. The standard InChI is InChI=1S/C32H43N3O6/c1-21-13-15-23(16-14-21)27(35(24-17-18-24)26(36)20-33-30(39)41-32(5,6)7)28(37)34-25(29(38)40-31(2,3)4)19-22-11-9-8-10-12-22/h8-16,24-25,27H,17-20H2,1-7H3,(H,33,39)(H,34,37). The lowest BCUT2D eigenvalue weighted by molar-refractivity contribution is -0.159. The number of nitrogens with one attached hydrogen (secondary N) is 2. The second kappa shape index (κ2) is 13.2. The fraction of sp³-hybridized carbons (Fsp3) is 0.500. The molecule has 0 saturated heterocycles. The van der Waals surface area contributed by atoms with Gasteiger partial charge in [-0.15, -0.1) is 0 Å². The molecule has 2 aromatic rings. The number of amides is 3. The molecule has 0 radical (unpaired) electrons. The highest BCUT2D eigenvalue weighted by atomic mass is 16.6. The third-order valence-electron chi connectivity index (χ3n) is 6.22. The van der Waals surface area contributed by atoms with Crippen molar-refractivity contribution in [1.29, 1.82) is 0 Å². The summed E-state index contributed by atoms with van der Waals surface area (Å²) in [7, 11) is 0. The zero-order chi connectivity index (χ0) is 30.4. The first-order valence-electron chi connectivity index (χ1n) is 14.0. The summed E-state index contributed by atoms with van der Waals surface area (Å²) < 4.78 is 10.9. The molecule has 1 saturated carbocycles. The van der Waals surface area contributed by atoms with E-state index in [1.54, 1.807) is 41.5 Å². The molecule has 9 nitrogen and oxygen atoms in total. The Labute approximate surface area is 243 Å². The molecule has 0 bridgehead atoms. The summed E-state index contributed by atoms with van der Waals surface area (Å²) in [6.45, 7) is 12.1. The highest BCUT2D eigenvalue weighted by Crippen LogP contribution is 2.35. The topological polar surface area (TPSA) is 114 Å². The van der Waals surface area contributed by atoms with Crippen LogP contribution in [0.3, 0.4) is 0 Å². The Morgan fingerprint density at radius 1 is 0.878 bits per heavy atom. The highest BCUT2D eigenvalue weighted by Gasteiger charge is 2.42. The van der Waals surface area contributed by atoms with Crippen LogP contribution >= 0.6 is 0 Å². The van der Waals surface area contributed by atoms with Crippen LogP contribution in [0.2, 0.25) is 0 Å². The quantitative estimate of drug-likeness (QED) is 0.407. The number of esters is 1. The molecule has 2 unspecified atom stereocenters. The van der Waals surface area contributed by atoms with Gasteiger partial charge in [-0.1, -0.05) is 60.2 Å². The Morgan fingerprint density at radius 3 is 2.00 bits per heavy atom. The molecule has 2 atom stereocenters. The van der Waals surface area contributed by atoms with Gasteiger partial charge in [0, 0.05) is 12.5 Å². The Bertz CT molecular complexity index is 1210. The largest absolute Gasteiger partial charge is 0.458 e. The van der Waals surface area contributed by atoms with Crippen molar-refractivity contribution in [3.05, 3.63) is 71.3 Å². The molecule has 222 valence electrons. The molecule has 0 heterocycles. The van der Waals surface area contributed by atoms with E-state index in [0.717, 1.165) is 24.0 Å². The molecule has 41 heavy (non-hydrogen) atoms. The van der Waals surface area contributed by atoms with Gasteiger partial charge in [-0.3, -0.25) is 9.59 Å². The summed E-state index contributed by atoms with van der Waals surface area (Å²) in [5, 5.41) is 5.41. The lowest BCUT2D eigenvalue weighted by atomic mass is 10.0. The Hall–Kier alpha value is -3.88. The van der Waals surface area contributed by atoms with Gasteiger partial charge in [-0.05, 0) is 72.4 Å². The zero-order valence-electron chi connectivity index (χ0n) is 25.2. The number of benzene rings is 2. The average molecular weight is 566 g/mol. The van der Waals surface area contributed by atoms with Gasteiger partial charge in [0.15, 0.2) is 0 Å². The third-order valence-corrected chi connectivity index (χ3v) is 6.22. The fourth-order valence-corrected chi connectivity index (χ4v) is 4.32. The van der Waals surface area contributed by atoms with Crippen LogP contribution in [-0.2, 0) is 30.3 Å². The van der Waals surface area contributed by atoms with E-state index in [2.05, 4.69) is 10.6 Å². The van der Waals surface area contributed by atoms with Gasteiger partial charge in [0.2, 0.25) is 11.8 Å². The van der Waals surface area contributed by atoms with Crippen molar-refractivity contribution in [3.8, 4) is 0 Å². The van der Waals surface area contributed by atoms with E-state index in [0.29, 0.717) is 5.56 Å². The van der Waals surface area contributed by atoms with Gasteiger partial charge in [0.25, 0.3) is 0 Å². The molecule has 1 aliphatic rings. The van der Waals surface area contributed by atoms with Crippen molar-refractivity contribution >= 4 is 23.9 Å². The number of aryl methyl sites for hydroxylation is 1. The second-order valence-electron chi connectivity index (χ2n) is 12.5. The van der Waals surface area contributed by atoms with E-state index >= 15 is 0 Å². The summed E-state index contributed by atoms with van der Waals surface area (Å²) in [6.07, 6.45) is 0.964. The Morgan fingerprint density at radius 2 is 1.46 bits per heavy atom. The van der Waals surface area contributed by atoms with Crippen molar-refractivity contribution in [1.82, 2.24) is 15.5 Å². The molecule has 3 amide bonds. The van der Waals surface area contributed by atoms with E-state index in [9.17, 15) is 19.2 Å². The van der Waals surface area contributed by atoms with Crippen LogP contribution in [0.25, 0.3) is 0 Å². The minimum atomic E-state index is -1.02.